The molecular formula is C13H13BrN2O4. The minimum atomic E-state index is -0.995. The number of halogens is 1. The Hall–Kier alpha value is -2.15. The molecule has 1 aromatic carbocycles. The highest BCUT2D eigenvalue weighted by molar-refractivity contribution is 9.10. The van der Waals surface area contributed by atoms with Gasteiger partial charge in [0, 0.05) is 10.5 Å². The summed E-state index contributed by atoms with van der Waals surface area (Å²) in [6.45, 7) is 1.38. The summed E-state index contributed by atoms with van der Waals surface area (Å²) in [6.07, 6.45) is 2.74. The predicted octanol–water partition coefficient (Wildman–Crippen LogP) is 1.51. The largest absolute Gasteiger partial charge is 0.452 e. The average molecular weight is 341 g/mol. The topological polar surface area (TPSA) is 98.5 Å². The molecule has 1 aromatic rings. The Bertz CT molecular complexity index is 569. The van der Waals surface area contributed by atoms with Gasteiger partial charge < -0.3 is 10.5 Å². The normalized spacial score (nSPS) is 10.3. The van der Waals surface area contributed by atoms with Crippen LogP contribution in [0.5, 0.6) is 0 Å². The van der Waals surface area contributed by atoms with Crippen molar-refractivity contribution in [1.82, 2.24) is 5.32 Å². The van der Waals surface area contributed by atoms with E-state index in [1.807, 2.05) is 25.1 Å². The van der Waals surface area contributed by atoms with Crippen molar-refractivity contribution in [3.63, 3.8) is 0 Å². The summed E-state index contributed by atoms with van der Waals surface area (Å²) < 4.78 is 5.47. The second-order valence-corrected chi connectivity index (χ2v) is 4.73. The summed E-state index contributed by atoms with van der Waals surface area (Å²) in [5.74, 6) is -1.48. The number of hydrogen-bond acceptors (Lipinski definition) is 4. The van der Waals surface area contributed by atoms with Gasteiger partial charge in [-0.25, -0.2) is 9.59 Å². The molecule has 0 radical (unpaired) electrons. The summed E-state index contributed by atoms with van der Waals surface area (Å²) in [5, 5.41) is 1.78. The first kappa shape index (κ1) is 15.9. The van der Waals surface area contributed by atoms with E-state index in [9.17, 15) is 14.4 Å². The van der Waals surface area contributed by atoms with E-state index in [1.165, 1.54) is 6.08 Å². The van der Waals surface area contributed by atoms with Crippen LogP contribution in [0.4, 0.5) is 4.79 Å². The van der Waals surface area contributed by atoms with E-state index in [4.69, 9.17) is 5.73 Å². The van der Waals surface area contributed by atoms with Crippen LogP contribution in [-0.2, 0) is 14.3 Å². The van der Waals surface area contributed by atoms with Gasteiger partial charge >= 0.3 is 12.0 Å². The van der Waals surface area contributed by atoms with Crippen LogP contribution in [0.3, 0.4) is 0 Å². The number of esters is 1. The van der Waals surface area contributed by atoms with Crippen LogP contribution in [-0.4, -0.2) is 24.5 Å². The molecule has 6 nitrogen and oxygen atoms in total. The number of ether oxygens (including phenoxy) is 1. The van der Waals surface area contributed by atoms with Gasteiger partial charge in [-0.1, -0.05) is 28.1 Å². The fourth-order valence-corrected chi connectivity index (χ4v) is 1.91. The molecule has 0 saturated carbocycles. The molecule has 1 rings (SSSR count). The Morgan fingerprint density at radius 3 is 2.70 bits per heavy atom. The van der Waals surface area contributed by atoms with Gasteiger partial charge in [0.25, 0.3) is 5.91 Å². The third-order valence-electron chi connectivity index (χ3n) is 2.16. The number of carbonyl (C=O) groups excluding carboxylic acids is 3. The van der Waals surface area contributed by atoms with Crippen molar-refractivity contribution >= 4 is 39.9 Å². The van der Waals surface area contributed by atoms with Crippen molar-refractivity contribution in [2.45, 2.75) is 6.92 Å². The molecule has 0 bridgehead atoms. The Kier molecular flexibility index (Phi) is 5.92. The van der Waals surface area contributed by atoms with Gasteiger partial charge in [-0.2, -0.15) is 0 Å². The molecule has 0 aromatic heterocycles. The van der Waals surface area contributed by atoms with Gasteiger partial charge in [-0.3, -0.25) is 10.1 Å². The van der Waals surface area contributed by atoms with Gasteiger partial charge in [0.15, 0.2) is 6.61 Å². The van der Waals surface area contributed by atoms with Gasteiger partial charge in [-0.15, -0.1) is 0 Å². The zero-order chi connectivity index (χ0) is 15.1. The highest BCUT2D eigenvalue weighted by atomic mass is 79.9. The van der Waals surface area contributed by atoms with Crippen molar-refractivity contribution in [3.8, 4) is 0 Å². The van der Waals surface area contributed by atoms with Crippen LogP contribution >= 0.6 is 15.9 Å². The molecule has 20 heavy (non-hydrogen) atoms. The zero-order valence-electron chi connectivity index (χ0n) is 10.7. The number of urea groups is 1. The van der Waals surface area contributed by atoms with E-state index in [1.54, 1.807) is 11.4 Å². The third kappa shape index (κ3) is 5.66. The number of imide groups is 1. The lowest BCUT2D eigenvalue weighted by Gasteiger charge is -2.02. The number of amides is 3. The fourth-order valence-electron chi connectivity index (χ4n) is 1.28. The Labute approximate surface area is 124 Å². The van der Waals surface area contributed by atoms with Gasteiger partial charge in [0.05, 0.1) is 0 Å². The van der Waals surface area contributed by atoms with Crippen LogP contribution < -0.4 is 11.1 Å². The molecule has 7 heteroatoms. The first-order chi connectivity index (χ1) is 9.38. The molecule has 0 spiro atoms. The van der Waals surface area contributed by atoms with Crippen LogP contribution in [0.25, 0.3) is 6.08 Å². The zero-order valence-corrected chi connectivity index (χ0v) is 12.3. The van der Waals surface area contributed by atoms with Crippen LogP contribution in [0.2, 0.25) is 0 Å². The van der Waals surface area contributed by atoms with E-state index in [0.29, 0.717) is 0 Å². The summed E-state index contributed by atoms with van der Waals surface area (Å²) >= 11 is 3.37. The highest BCUT2D eigenvalue weighted by Gasteiger charge is 2.06. The molecular weight excluding hydrogens is 328 g/mol. The predicted molar refractivity (Wildman–Crippen MR) is 76.6 cm³/mol. The van der Waals surface area contributed by atoms with Crippen molar-refractivity contribution in [2.75, 3.05) is 6.61 Å². The average Bonchev–Trinajstić information content (AvgIpc) is 2.34. The van der Waals surface area contributed by atoms with Crippen molar-refractivity contribution in [3.05, 3.63) is 39.9 Å². The van der Waals surface area contributed by atoms with E-state index in [0.717, 1.165) is 15.6 Å². The smallest absolute Gasteiger partial charge is 0.331 e. The van der Waals surface area contributed by atoms with Crippen molar-refractivity contribution < 1.29 is 19.1 Å². The second kappa shape index (κ2) is 7.44. The number of carbonyl (C=O) groups is 3. The Balaban J connectivity index is 2.51. The fraction of sp³-hybridized carbons (Fsp3) is 0.154. The molecule has 0 aliphatic rings. The Morgan fingerprint density at radius 2 is 2.10 bits per heavy atom. The Morgan fingerprint density at radius 1 is 1.40 bits per heavy atom. The van der Waals surface area contributed by atoms with Crippen molar-refractivity contribution in [1.29, 1.82) is 0 Å². The maximum atomic E-state index is 11.4. The number of primary amides is 1. The first-order valence-corrected chi connectivity index (χ1v) is 6.38. The summed E-state index contributed by atoms with van der Waals surface area (Å²) in [6, 6.07) is 4.65. The first-order valence-electron chi connectivity index (χ1n) is 5.59. The van der Waals surface area contributed by atoms with E-state index >= 15 is 0 Å². The van der Waals surface area contributed by atoms with Gasteiger partial charge in [0.2, 0.25) is 0 Å². The monoisotopic (exact) mass is 340 g/mol. The number of aryl methyl sites for hydroxylation is 1. The number of nitrogens with one attached hydrogen (secondary N) is 1. The molecule has 0 aliphatic carbocycles. The molecule has 0 fully saturated rings. The highest BCUT2D eigenvalue weighted by Crippen LogP contribution is 2.19. The standard InChI is InChI=1S/C13H13BrN2O4/c1-8-2-3-9(10(14)6-8)4-5-12(18)20-7-11(17)16-13(15)19/h2-6H,7H2,1H3,(H3,15,16,17,19)/b5-4+. The number of benzene rings is 1. The molecule has 106 valence electrons. The van der Waals surface area contributed by atoms with Crippen LogP contribution in [0.1, 0.15) is 11.1 Å². The molecule has 0 saturated heterocycles. The summed E-state index contributed by atoms with van der Waals surface area (Å²) in [5.41, 5.74) is 6.62. The van der Waals surface area contributed by atoms with Crippen LogP contribution in [0, 0.1) is 6.92 Å². The van der Waals surface area contributed by atoms with E-state index < -0.39 is 24.5 Å². The summed E-state index contributed by atoms with van der Waals surface area (Å²) in [7, 11) is 0. The quantitative estimate of drug-likeness (QED) is 0.641. The molecule has 0 aliphatic heterocycles. The molecule has 3 N–H and O–H groups in total. The number of hydrogen-bond donors (Lipinski definition) is 2. The molecule has 0 unspecified atom stereocenters. The summed E-state index contributed by atoms with van der Waals surface area (Å²) in [4.78, 5) is 32.7. The lowest BCUT2D eigenvalue weighted by molar-refractivity contribution is -0.143. The number of nitrogens with two attached hydrogens (primary N) is 1. The lowest BCUT2D eigenvalue weighted by Crippen LogP contribution is -2.37. The van der Waals surface area contributed by atoms with Gasteiger partial charge in [0.1, 0.15) is 0 Å². The minimum absolute atomic E-state index is 0.568. The maximum Gasteiger partial charge on any atom is 0.331 e. The lowest BCUT2D eigenvalue weighted by atomic mass is 10.1. The number of rotatable bonds is 4. The van der Waals surface area contributed by atoms with Crippen molar-refractivity contribution in [2.24, 2.45) is 5.73 Å². The molecule has 3 amide bonds. The van der Waals surface area contributed by atoms with Gasteiger partial charge in [-0.05, 0) is 30.2 Å². The van der Waals surface area contributed by atoms with E-state index in [-0.39, 0.29) is 0 Å². The molecule has 0 atom stereocenters. The van der Waals surface area contributed by atoms with Crippen LogP contribution in [0.15, 0.2) is 28.7 Å². The van der Waals surface area contributed by atoms with E-state index in [2.05, 4.69) is 20.7 Å². The third-order valence-corrected chi connectivity index (χ3v) is 2.85. The minimum Gasteiger partial charge on any atom is -0.452 e. The SMILES string of the molecule is Cc1ccc(/C=C/C(=O)OCC(=O)NC(N)=O)c(Br)c1. The maximum absolute atomic E-state index is 11.4. The second-order valence-electron chi connectivity index (χ2n) is 3.88. The molecule has 0 heterocycles.